The molecular weight excluding hydrogens is 386 g/mol. The number of para-hydroxylation sites is 2. The molecule has 146 valence electrons. The van der Waals surface area contributed by atoms with E-state index < -0.39 is 0 Å². The number of nitrogens with zero attached hydrogens (tertiary/aromatic N) is 3. The molecule has 0 spiro atoms. The van der Waals surface area contributed by atoms with E-state index in [1.807, 2.05) is 0 Å². The van der Waals surface area contributed by atoms with Gasteiger partial charge in [-0.15, -0.1) is 11.3 Å². The van der Waals surface area contributed by atoms with Crippen LogP contribution in [0, 0.1) is 0 Å². The van der Waals surface area contributed by atoms with Crippen LogP contribution in [-0.4, -0.2) is 14.5 Å². The van der Waals surface area contributed by atoms with Crippen LogP contribution in [-0.2, 0) is 5.41 Å². The van der Waals surface area contributed by atoms with Crippen molar-refractivity contribution in [1.29, 1.82) is 0 Å². The molecule has 3 heterocycles. The Morgan fingerprint density at radius 3 is 1.90 bits per heavy atom. The molecular formula is C26H21N3S. The molecule has 3 nitrogen and oxygen atoms in total. The van der Waals surface area contributed by atoms with E-state index in [9.17, 15) is 0 Å². The summed E-state index contributed by atoms with van der Waals surface area (Å²) < 4.78 is 3.47. The minimum Gasteiger partial charge on any atom is -0.278 e. The van der Waals surface area contributed by atoms with Crippen molar-refractivity contribution in [3.8, 4) is 5.95 Å². The summed E-state index contributed by atoms with van der Waals surface area (Å²) in [6.07, 6.45) is 0. The van der Waals surface area contributed by atoms with Gasteiger partial charge in [-0.05, 0) is 18.2 Å². The van der Waals surface area contributed by atoms with Crippen LogP contribution < -0.4 is 0 Å². The topological polar surface area (TPSA) is 30.7 Å². The van der Waals surface area contributed by atoms with Gasteiger partial charge in [0.1, 0.15) is 4.83 Å². The molecule has 0 fully saturated rings. The third-order valence-electron chi connectivity index (χ3n) is 5.72. The molecule has 0 aliphatic heterocycles. The Labute approximate surface area is 178 Å². The molecule has 0 saturated heterocycles. The van der Waals surface area contributed by atoms with Crippen LogP contribution in [0.1, 0.15) is 26.5 Å². The fourth-order valence-electron chi connectivity index (χ4n) is 4.39. The van der Waals surface area contributed by atoms with Gasteiger partial charge in [-0.2, -0.15) is 0 Å². The van der Waals surface area contributed by atoms with Gasteiger partial charge in [-0.25, -0.2) is 9.97 Å². The predicted molar refractivity (Wildman–Crippen MR) is 128 cm³/mol. The van der Waals surface area contributed by atoms with Gasteiger partial charge in [0.05, 0.1) is 16.7 Å². The zero-order valence-corrected chi connectivity index (χ0v) is 18.0. The van der Waals surface area contributed by atoms with E-state index in [2.05, 4.69) is 98.1 Å². The summed E-state index contributed by atoms with van der Waals surface area (Å²) in [5.41, 5.74) is 3.28. The van der Waals surface area contributed by atoms with E-state index in [4.69, 9.17) is 9.97 Å². The molecule has 30 heavy (non-hydrogen) atoms. The molecule has 0 amide bonds. The normalized spacial score (nSPS) is 12.5. The second-order valence-corrected chi connectivity index (χ2v) is 9.80. The molecule has 0 bridgehead atoms. The number of hydrogen-bond acceptors (Lipinski definition) is 3. The van der Waals surface area contributed by atoms with Gasteiger partial charge in [0.15, 0.2) is 0 Å². The average Bonchev–Trinajstić information content (AvgIpc) is 3.28. The van der Waals surface area contributed by atoms with Gasteiger partial charge < -0.3 is 0 Å². The highest BCUT2D eigenvalue weighted by Crippen LogP contribution is 2.39. The van der Waals surface area contributed by atoms with Crippen molar-refractivity contribution >= 4 is 53.4 Å². The van der Waals surface area contributed by atoms with Crippen LogP contribution >= 0.6 is 11.3 Å². The lowest BCUT2D eigenvalue weighted by atomic mass is 9.89. The van der Waals surface area contributed by atoms with Crippen molar-refractivity contribution in [3.63, 3.8) is 0 Å². The van der Waals surface area contributed by atoms with Gasteiger partial charge in [0.25, 0.3) is 0 Å². The largest absolute Gasteiger partial charge is 0.278 e. The van der Waals surface area contributed by atoms with E-state index in [1.54, 1.807) is 11.3 Å². The van der Waals surface area contributed by atoms with Gasteiger partial charge >= 0.3 is 0 Å². The highest BCUT2D eigenvalue weighted by Gasteiger charge is 2.25. The van der Waals surface area contributed by atoms with Gasteiger partial charge in [-0.1, -0.05) is 75.4 Å². The summed E-state index contributed by atoms with van der Waals surface area (Å²) in [5, 5.41) is 4.89. The highest BCUT2D eigenvalue weighted by molar-refractivity contribution is 7.25. The fraction of sp³-hybridized carbons (Fsp3) is 0.154. The molecule has 0 unspecified atom stereocenters. The first-order valence-corrected chi connectivity index (χ1v) is 11.0. The highest BCUT2D eigenvalue weighted by atomic mass is 32.1. The second kappa shape index (κ2) is 6.13. The Hall–Kier alpha value is -3.24. The minimum atomic E-state index is -0.0987. The first kappa shape index (κ1) is 17.6. The Bertz CT molecular complexity index is 1530. The van der Waals surface area contributed by atoms with E-state index in [0.717, 1.165) is 27.5 Å². The predicted octanol–water partition coefficient (Wildman–Crippen LogP) is 7.24. The Kier molecular flexibility index (Phi) is 3.60. The minimum absolute atomic E-state index is 0.0987. The van der Waals surface area contributed by atoms with E-state index in [0.29, 0.717) is 0 Å². The first-order chi connectivity index (χ1) is 14.5. The SMILES string of the molecule is CC(C)(C)c1nc(-n2c3ccccc3c3ccccc32)nc2sc3ccccc3c12. The lowest BCUT2D eigenvalue weighted by Gasteiger charge is -2.20. The van der Waals surface area contributed by atoms with Crippen LogP contribution in [0.15, 0.2) is 72.8 Å². The summed E-state index contributed by atoms with van der Waals surface area (Å²) in [7, 11) is 0. The summed E-state index contributed by atoms with van der Waals surface area (Å²) in [6.45, 7) is 6.70. The molecule has 0 atom stereocenters. The smallest absolute Gasteiger partial charge is 0.236 e. The number of thiophene rings is 1. The first-order valence-electron chi connectivity index (χ1n) is 10.2. The number of benzene rings is 3. The van der Waals surface area contributed by atoms with Crippen molar-refractivity contribution in [2.75, 3.05) is 0 Å². The molecule has 0 N–H and O–H groups in total. The maximum Gasteiger partial charge on any atom is 0.236 e. The lowest BCUT2D eigenvalue weighted by Crippen LogP contribution is -2.16. The quantitative estimate of drug-likeness (QED) is 0.288. The van der Waals surface area contributed by atoms with Crippen LogP contribution in [0.5, 0.6) is 0 Å². The Morgan fingerprint density at radius 1 is 0.700 bits per heavy atom. The summed E-state index contributed by atoms with van der Waals surface area (Å²) >= 11 is 1.75. The standard InChI is InChI=1S/C26H21N3S/c1-26(2,3)23-22-18-12-6-9-15-21(18)30-24(22)28-25(27-23)29-19-13-7-4-10-16(19)17-11-5-8-14-20(17)29/h4-15H,1-3H3. The number of hydrogen-bond donors (Lipinski definition) is 0. The van der Waals surface area contributed by atoms with Crippen LogP contribution in [0.4, 0.5) is 0 Å². The maximum atomic E-state index is 5.20. The zero-order valence-electron chi connectivity index (χ0n) is 17.2. The van der Waals surface area contributed by atoms with E-state index in [-0.39, 0.29) is 5.41 Å². The maximum absolute atomic E-state index is 5.20. The lowest BCUT2D eigenvalue weighted by molar-refractivity contribution is 0.573. The molecule has 0 saturated carbocycles. The molecule has 0 aliphatic rings. The van der Waals surface area contributed by atoms with E-state index >= 15 is 0 Å². The van der Waals surface area contributed by atoms with Crippen molar-refractivity contribution in [2.24, 2.45) is 0 Å². The Morgan fingerprint density at radius 2 is 1.27 bits per heavy atom. The Balaban J connectivity index is 1.79. The van der Waals surface area contributed by atoms with Crippen molar-refractivity contribution < 1.29 is 0 Å². The number of rotatable bonds is 1. The van der Waals surface area contributed by atoms with Crippen molar-refractivity contribution in [3.05, 3.63) is 78.5 Å². The fourth-order valence-corrected chi connectivity index (χ4v) is 5.46. The van der Waals surface area contributed by atoms with E-state index in [1.165, 1.54) is 26.2 Å². The average molecular weight is 408 g/mol. The molecule has 0 radical (unpaired) electrons. The van der Waals surface area contributed by atoms with Gasteiger partial charge in [-0.3, -0.25) is 4.57 Å². The monoisotopic (exact) mass is 407 g/mol. The number of aromatic nitrogens is 3. The molecule has 0 aliphatic carbocycles. The van der Waals surface area contributed by atoms with Gasteiger partial charge in [0, 0.05) is 31.7 Å². The summed E-state index contributed by atoms with van der Waals surface area (Å²) in [5.74, 6) is 0.747. The molecule has 3 aromatic heterocycles. The third-order valence-corrected chi connectivity index (χ3v) is 6.78. The zero-order chi connectivity index (χ0) is 20.5. The van der Waals surface area contributed by atoms with Crippen LogP contribution in [0.3, 0.4) is 0 Å². The van der Waals surface area contributed by atoms with Crippen molar-refractivity contribution in [2.45, 2.75) is 26.2 Å². The van der Waals surface area contributed by atoms with Gasteiger partial charge in [0.2, 0.25) is 5.95 Å². The summed E-state index contributed by atoms with van der Waals surface area (Å²) in [4.78, 5) is 11.3. The molecule has 4 heteroatoms. The molecule has 3 aromatic carbocycles. The summed E-state index contributed by atoms with van der Waals surface area (Å²) in [6, 6.07) is 25.6. The van der Waals surface area contributed by atoms with Crippen LogP contribution in [0.2, 0.25) is 0 Å². The number of fused-ring (bicyclic) bond motifs is 6. The molecule has 6 rings (SSSR count). The third kappa shape index (κ3) is 2.44. The van der Waals surface area contributed by atoms with Crippen molar-refractivity contribution in [1.82, 2.24) is 14.5 Å². The molecule has 6 aromatic rings. The second-order valence-electron chi connectivity index (χ2n) is 8.77. The van der Waals surface area contributed by atoms with Crippen LogP contribution in [0.25, 0.3) is 48.1 Å².